The molecule has 0 unspecified atom stereocenters. The monoisotopic (exact) mass is 547 g/mol. The summed E-state index contributed by atoms with van der Waals surface area (Å²) in [6.45, 7) is 3.76. The van der Waals surface area contributed by atoms with E-state index in [1.165, 1.54) is 33.7 Å². The van der Waals surface area contributed by atoms with Crippen LogP contribution in [0.3, 0.4) is 0 Å². The van der Waals surface area contributed by atoms with Gasteiger partial charge in [-0.1, -0.05) is 29.7 Å². The first-order chi connectivity index (χ1) is 17.6. The minimum atomic E-state index is -4.02. The van der Waals surface area contributed by atoms with Crippen LogP contribution in [0.4, 0.5) is 8.78 Å². The quantitative estimate of drug-likeness (QED) is 0.410. The second kappa shape index (κ2) is 9.94. The van der Waals surface area contributed by atoms with Gasteiger partial charge in [-0.05, 0) is 68.1 Å². The van der Waals surface area contributed by atoms with E-state index in [1.807, 2.05) is 10.9 Å². The molecule has 1 aromatic heterocycles. The molecule has 0 radical (unpaired) electrons. The molecule has 1 N–H and O–H groups in total. The lowest BCUT2D eigenvalue weighted by Crippen LogP contribution is -2.40. The molecule has 2 aliphatic carbocycles. The van der Waals surface area contributed by atoms with Gasteiger partial charge in [-0.3, -0.25) is 0 Å². The number of aliphatic hydroxyl groups excluding tert-OH is 1. The summed E-state index contributed by atoms with van der Waals surface area (Å²) in [5, 5.41) is 14.4. The largest absolute Gasteiger partial charge is 0.392 e. The van der Waals surface area contributed by atoms with E-state index in [1.54, 1.807) is 19.1 Å². The first-order valence-electron chi connectivity index (χ1n) is 12.2. The fourth-order valence-electron chi connectivity index (χ4n) is 5.67. The number of sulfonamides is 1. The van der Waals surface area contributed by atoms with E-state index in [9.17, 15) is 22.3 Å². The number of aliphatic hydroxyl groups is 1. The molecule has 2 aromatic carbocycles. The van der Waals surface area contributed by atoms with Crippen LogP contribution in [0.25, 0.3) is 5.69 Å². The second-order valence-electron chi connectivity index (χ2n) is 9.87. The molecule has 196 valence electrons. The molecule has 0 saturated heterocycles. The maximum absolute atomic E-state index is 13.7. The van der Waals surface area contributed by atoms with E-state index >= 15 is 0 Å². The van der Waals surface area contributed by atoms with Crippen LogP contribution in [0.2, 0.25) is 5.02 Å². The molecule has 3 aromatic rings. The number of rotatable bonds is 7. The van der Waals surface area contributed by atoms with Gasteiger partial charge < -0.3 is 5.11 Å². The topological polar surface area (TPSA) is 75.4 Å². The van der Waals surface area contributed by atoms with Crippen LogP contribution in [-0.2, 0) is 16.4 Å². The molecular formula is C27H28ClF2N3O3S. The summed E-state index contributed by atoms with van der Waals surface area (Å²) in [6.07, 6.45) is 3.28. The van der Waals surface area contributed by atoms with Crippen molar-refractivity contribution in [2.75, 3.05) is 13.1 Å². The molecule has 3 atom stereocenters. The average Bonchev–Trinajstić information content (AvgIpc) is 3.45. The number of halogens is 3. The highest BCUT2D eigenvalue weighted by Crippen LogP contribution is 2.47. The van der Waals surface area contributed by atoms with E-state index in [2.05, 4.69) is 12.0 Å². The van der Waals surface area contributed by atoms with Gasteiger partial charge in [-0.15, -0.1) is 0 Å². The number of nitrogens with zero attached hydrogens (tertiary/aromatic N) is 3. The Labute approximate surface area is 220 Å². The zero-order chi connectivity index (χ0) is 26.5. The highest BCUT2D eigenvalue weighted by atomic mass is 35.5. The number of hydrogen-bond acceptors (Lipinski definition) is 4. The van der Waals surface area contributed by atoms with E-state index in [0.29, 0.717) is 6.42 Å². The molecule has 0 spiro atoms. The number of aromatic nitrogens is 2. The van der Waals surface area contributed by atoms with Gasteiger partial charge >= 0.3 is 0 Å². The summed E-state index contributed by atoms with van der Waals surface area (Å²) >= 11 is 5.87. The number of allylic oxidation sites excluding steroid dienone is 1. The van der Waals surface area contributed by atoms with Crippen LogP contribution < -0.4 is 0 Å². The third-order valence-electron chi connectivity index (χ3n) is 7.35. The van der Waals surface area contributed by atoms with E-state index in [0.717, 1.165) is 41.9 Å². The minimum Gasteiger partial charge on any atom is -0.392 e. The molecule has 2 aliphatic rings. The Morgan fingerprint density at radius 3 is 2.62 bits per heavy atom. The molecule has 10 heteroatoms. The van der Waals surface area contributed by atoms with Crippen molar-refractivity contribution in [3.8, 4) is 5.69 Å². The van der Waals surface area contributed by atoms with Crippen molar-refractivity contribution < 1.29 is 22.3 Å². The van der Waals surface area contributed by atoms with Crippen LogP contribution >= 0.6 is 11.6 Å². The van der Waals surface area contributed by atoms with Crippen molar-refractivity contribution in [2.24, 2.45) is 5.92 Å². The zero-order valence-electron chi connectivity index (χ0n) is 20.5. The van der Waals surface area contributed by atoms with Gasteiger partial charge in [0, 0.05) is 31.0 Å². The highest BCUT2D eigenvalue weighted by Gasteiger charge is 2.39. The predicted molar refractivity (Wildman–Crippen MR) is 137 cm³/mol. The van der Waals surface area contributed by atoms with Crippen LogP contribution in [0, 0.1) is 17.6 Å². The maximum Gasteiger partial charge on any atom is 0.243 e. The Hall–Kier alpha value is -2.59. The summed E-state index contributed by atoms with van der Waals surface area (Å²) < 4.78 is 57.3. The lowest BCUT2D eigenvalue weighted by Gasteiger charge is -2.31. The summed E-state index contributed by atoms with van der Waals surface area (Å²) in [5.41, 5.74) is 5.42. The molecule has 0 aliphatic heterocycles. The van der Waals surface area contributed by atoms with E-state index in [4.69, 9.17) is 11.6 Å². The highest BCUT2D eigenvalue weighted by molar-refractivity contribution is 7.89. The molecule has 5 rings (SSSR count). The third kappa shape index (κ3) is 4.85. The molecule has 1 heterocycles. The maximum atomic E-state index is 13.7. The fraction of sp³-hybridized carbons (Fsp3) is 0.370. The first kappa shape index (κ1) is 26.0. The van der Waals surface area contributed by atoms with Crippen molar-refractivity contribution in [1.29, 1.82) is 0 Å². The van der Waals surface area contributed by atoms with Crippen molar-refractivity contribution in [1.82, 2.24) is 14.1 Å². The molecule has 0 amide bonds. The third-order valence-corrected chi connectivity index (χ3v) is 9.47. The summed E-state index contributed by atoms with van der Waals surface area (Å²) in [4.78, 5) is -0.105. The van der Waals surface area contributed by atoms with Crippen molar-refractivity contribution in [3.05, 3.63) is 87.7 Å². The molecule has 0 bridgehead atoms. The second-order valence-corrected chi connectivity index (χ2v) is 12.2. The van der Waals surface area contributed by atoms with Crippen molar-refractivity contribution in [3.63, 3.8) is 0 Å². The van der Waals surface area contributed by atoms with Gasteiger partial charge in [0.1, 0.15) is 11.6 Å². The summed E-state index contributed by atoms with van der Waals surface area (Å²) in [6, 6.07) is 9.58. The van der Waals surface area contributed by atoms with Crippen LogP contribution in [-0.4, -0.2) is 46.8 Å². The van der Waals surface area contributed by atoms with Gasteiger partial charge in [-0.25, -0.2) is 21.9 Å². The molecule has 0 saturated carbocycles. The standard InChI is InChI=1S/C27H28ClF2N3O3S/c1-16(34)14-32(37(35,36)22-9-10-25(30)24(28)12-22)15-19-4-3-18-11-26-23(17(2)27(18)19)13-31-33(26)21-7-5-20(29)6-8-21/h5-10,12-13,16-17,19,34H,3-4,11,14-15H2,1-2H3/t16-,17+,19-/m1/s1. The Morgan fingerprint density at radius 1 is 1.22 bits per heavy atom. The molecule has 37 heavy (non-hydrogen) atoms. The normalized spacial score (nSPS) is 20.3. The predicted octanol–water partition coefficient (Wildman–Crippen LogP) is 5.24. The average molecular weight is 548 g/mol. The first-order valence-corrected chi connectivity index (χ1v) is 14.1. The van der Waals surface area contributed by atoms with Crippen LogP contribution in [0.1, 0.15) is 43.9 Å². The number of fused-ring (bicyclic) bond motifs is 1. The van der Waals surface area contributed by atoms with Crippen LogP contribution in [0.15, 0.2) is 64.7 Å². The lowest BCUT2D eigenvalue weighted by atomic mass is 9.80. The van der Waals surface area contributed by atoms with E-state index < -0.39 is 21.9 Å². The Morgan fingerprint density at radius 2 is 1.95 bits per heavy atom. The number of benzene rings is 2. The smallest absolute Gasteiger partial charge is 0.243 e. The summed E-state index contributed by atoms with van der Waals surface area (Å²) in [5.74, 6) is -0.990. The lowest BCUT2D eigenvalue weighted by molar-refractivity contribution is 0.158. The molecule has 0 fully saturated rings. The molecular weight excluding hydrogens is 520 g/mol. The number of hydrogen-bond donors (Lipinski definition) is 1. The van der Waals surface area contributed by atoms with Gasteiger partial charge in [-0.2, -0.15) is 9.40 Å². The van der Waals surface area contributed by atoms with Crippen molar-refractivity contribution >= 4 is 21.6 Å². The van der Waals surface area contributed by atoms with Gasteiger partial charge in [0.15, 0.2) is 0 Å². The fourth-order valence-corrected chi connectivity index (χ4v) is 7.51. The van der Waals surface area contributed by atoms with Gasteiger partial charge in [0.05, 0.1) is 33.6 Å². The van der Waals surface area contributed by atoms with Gasteiger partial charge in [0.25, 0.3) is 0 Å². The Kier molecular flexibility index (Phi) is 7.00. The van der Waals surface area contributed by atoms with E-state index in [-0.39, 0.29) is 40.7 Å². The Bertz CT molecular complexity index is 1470. The zero-order valence-corrected chi connectivity index (χ0v) is 22.1. The molecule has 6 nitrogen and oxygen atoms in total. The van der Waals surface area contributed by atoms with Gasteiger partial charge in [0.2, 0.25) is 10.0 Å². The summed E-state index contributed by atoms with van der Waals surface area (Å²) in [7, 11) is -4.02. The Balaban J connectivity index is 1.44. The van der Waals surface area contributed by atoms with Crippen LogP contribution in [0.5, 0.6) is 0 Å². The SMILES string of the molecule is C[C@@H]1C2=C(CC[C@@H]2CN(C[C@@H](C)O)S(=O)(=O)c2ccc(F)c(Cl)c2)Cc2c1cnn2-c1ccc(F)cc1. The minimum absolute atomic E-state index is 0.0308. The van der Waals surface area contributed by atoms with Crippen molar-refractivity contribution in [2.45, 2.75) is 50.0 Å².